The topological polar surface area (TPSA) is 61.9 Å². The van der Waals surface area contributed by atoms with Crippen LogP contribution in [-0.4, -0.2) is 41.4 Å². The molecule has 0 aliphatic carbocycles. The number of anilines is 1. The minimum absolute atomic E-state index is 0.0842. The molecule has 0 atom stereocenters. The summed E-state index contributed by atoms with van der Waals surface area (Å²) >= 11 is 1.59. The predicted octanol–water partition coefficient (Wildman–Crippen LogP) is 5.68. The van der Waals surface area contributed by atoms with Crippen molar-refractivity contribution >= 4 is 29.0 Å². The Kier molecular flexibility index (Phi) is 8.65. The molecule has 0 spiro atoms. The van der Waals surface area contributed by atoms with Crippen molar-refractivity contribution in [3.05, 3.63) is 81.8 Å². The smallest absolute Gasteiger partial charge is 0.322 e. The lowest BCUT2D eigenvalue weighted by atomic mass is 10.2. The molecule has 1 aromatic heterocycles. The maximum atomic E-state index is 13.4. The van der Waals surface area contributed by atoms with Crippen LogP contribution in [0.15, 0.2) is 60.0 Å². The molecule has 3 aromatic rings. The largest absolute Gasteiger partial charge is 0.497 e. The summed E-state index contributed by atoms with van der Waals surface area (Å²) in [6, 6.07) is 14.6. The molecule has 0 saturated carbocycles. The maximum absolute atomic E-state index is 13.4. The maximum Gasteiger partial charge on any atom is 0.322 e. The molecule has 3 amide bonds. The molecule has 0 bridgehead atoms. The van der Waals surface area contributed by atoms with Crippen molar-refractivity contribution in [3.63, 3.8) is 0 Å². The number of rotatable bonds is 9. The average Bonchev–Trinajstić information content (AvgIpc) is 3.22. The molecule has 0 aliphatic heterocycles. The molecule has 0 fully saturated rings. The van der Waals surface area contributed by atoms with Gasteiger partial charge in [0.05, 0.1) is 13.7 Å². The zero-order valence-electron chi connectivity index (χ0n) is 19.9. The zero-order chi connectivity index (χ0) is 24.7. The van der Waals surface area contributed by atoms with Gasteiger partial charge in [0.15, 0.2) is 0 Å². The van der Waals surface area contributed by atoms with E-state index in [-0.39, 0.29) is 30.3 Å². The van der Waals surface area contributed by atoms with Gasteiger partial charge in [-0.1, -0.05) is 18.2 Å². The summed E-state index contributed by atoms with van der Waals surface area (Å²) in [5.74, 6) is 0.115. The fourth-order valence-corrected chi connectivity index (χ4v) is 4.33. The molecule has 0 saturated heterocycles. The van der Waals surface area contributed by atoms with Crippen LogP contribution >= 0.6 is 11.3 Å². The van der Waals surface area contributed by atoms with E-state index < -0.39 is 0 Å². The van der Waals surface area contributed by atoms with Crippen molar-refractivity contribution < 1.29 is 18.7 Å². The SMILES string of the molecule is COc1cccc(NC(=O)N(CC(=O)N(Cc2ccc(F)cc2)Cc2sccc2C)C(C)C)c1. The summed E-state index contributed by atoms with van der Waals surface area (Å²) in [7, 11) is 1.56. The second-order valence-corrected chi connectivity index (χ2v) is 9.29. The van der Waals surface area contributed by atoms with E-state index in [1.54, 1.807) is 59.7 Å². The molecule has 1 heterocycles. The second-order valence-electron chi connectivity index (χ2n) is 8.29. The van der Waals surface area contributed by atoms with Crippen LogP contribution in [0.2, 0.25) is 0 Å². The van der Waals surface area contributed by atoms with E-state index in [4.69, 9.17) is 4.74 Å². The number of hydrogen-bond acceptors (Lipinski definition) is 4. The van der Waals surface area contributed by atoms with Gasteiger partial charge >= 0.3 is 6.03 Å². The Bertz CT molecular complexity index is 1110. The van der Waals surface area contributed by atoms with Crippen molar-refractivity contribution in [2.45, 2.75) is 39.9 Å². The number of thiophene rings is 1. The average molecular weight is 484 g/mol. The van der Waals surface area contributed by atoms with Crippen LogP contribution in [0.4, 0.5) is 14.9 Å². The number of halogens is 1. The van der Waals surface area contributed by atoms with Crippen LogP contribution in [0, 0.1) is 12.7 Å². The molecule has 2 aromatic carbocycles. The van der Waals surface area contributed by atoms with Crippen molar-refractivity contribution in [3.8, 4) is 5.75 Å². The normalized spacial score (nSPS) is 10.8. The third-order valence-electron chi connectivity index (χ3n) is 5.45. The highest BCUT2D eigenvalue weighted by Gasteiger charge is 2.24. The number of urea groups is 1. The number of aryl methyl sites for hydroxylation is 1. The molecule has 8 heteroatoms. The van der Waals surface area contributed by atoms with Crippen LogP contribution in [0.1, 0.15) is 29.9 Å². The number of amides is 3. The third-order valence-corrected chi connectivity index (χ3v) is 6.46. The lowest BCUT2D eigenvalue weighted by Crippen LogP contribution is -2.47. The Morgan fingerprint density at radius 1 is 1.09 bits per heavy atom. The van der Waals surface area contributed by atoms with Crippen LogP contribution in [0.25, 0.3) is 0 Å². The van der Waals surface area contributed by atoms with Gasteiger partial charge < -0.3 is 19.9 Å². The Hall–Kier alpha value is -3.39. The van der Waals surface area contributed by atoms with Gasteiger partial charge in [-0.2, -0.15) is 0 Å². The molecule has 0 unspecified atom stereocenters. The number of hydrogen-bond donors (Lipinski definition) is 1. The fourth-order valence-electron chi connectivity index (χ4n) is 3.41. The van der Waals surface area contributed by atoms with E-state index in [2.05, 4.69) is 5.32 Å². The van der Waals surface area contributed by atoms with E-state index in [1.807, 2.05) is 32.2 Å². The number of ether oxygens (including phenoxy) is 1. The zero-order valence-corrected chi connectivity index (χ0v) is 20.7. The first-order valence-electron chi connectivity index (χ1n) is 11.0. The lowest BCUT2D eigenvalue weighted by Gasteiger charge is -2.30. The minimum Gasteiger partial charge on any atom is -0.497 e. The number of nitrogens with zero attached hydrogens (tertiary/aromatic N) is 2. The lowest BCUT2D eigenvalue weighted by molar-refractivity contribution is -0.133. The number of nitrogens with one attached hydrogen (secondary N) is 1. The summed E-state index contributed by atoms with van der Waals surface area (Å²) in [5, 5.41) is 4.84. The molecule has 3 rings (SSSR count). The molecule has 1 N–H and O–H groups in total. The van der Waals surface area contributed by atoms with Crippen LogP contribution in [-0.2, 0) is 17.9 Å². The quantitative estimate of drug-likeness (QED) is 0.426. The van der Waals surface area contributed by atoms with Gasteiger partial charge in [-0.3, -0.25) is 4.79 Å². The van der Waals surface area contributed by atoms with Gasteiger partial charge in [0.25, 0.3) is 0 Å². The van der Waals surface area contributed by atoms with Crippen molar-refractivity contribution in [1.29, 1.82) is 0 Å². The van der Waals surface area contributed by atoms with Gasteiger partial charge in [0.2, 0.25) is 5.91 Å². The molecule has 0 radical (unpaired) electrons. The summed E-state index contributed by atoms with van der Waals surface area (Å²) in [4.78, 5) is 30.8. The summed E-state index contributed by atoms with van der Waals surface area (Å²) in [5.41, 5.74) is 2.51. The Balaban J connectivity index is 1.77. The minimum atomic E-state index is -0.370. The molecular weight excluding hydrogens is 453 g/mol. The Morgan fingerprint density at radius 2 is 1.82 bits per heavy atom. The van der Waals surface area contributed by atoms with Gasteiger partial charge in [0.1, 0.15) is 18.1 Å². The standard InChI is InChI=1S/C26H30FN3O3S/c1-18(2)30(26(32)28-22-6-5-7-23(14-22)33-4)17-25(31)29(16-24-19(3)12-13-34-24)15-20-8-10-21(27)11-9-20/h5-14,18H,15-17H2,1-4H3,(H,28,32). The van der Waals surface area contributed by atoms with Gasteiger partial charge in [-0.25, -0.2) is 9.18 Å². The monoisotopic (exact) mass is 483 g/mol. The number of carbonyl (C=O) groups is 2. The van der Waals surface area contributed by atoms with Gasteiger partial charge in [0, 0.05) is 29.2 Å². The van der Waals surface area contributed by atoms with Crippen molar-refractivity contribution in [2.75, 3.05) is 19.0 Å². The second kappa shape index (κ2) is 11.7. The van der Waals surface area contributed by atoms with Gasteiger partial charge in [-0.15, -0.1) is 11.3 Å². The van der Waals surface area contributed by atoms with E-state index in [0.29, 0.717) is 24.5 Å². The number of methoxy groups -OCH3 is 1. The highest BCUT2D eigenvalue weighted by molar-refractivity contribution is 7.10. The first-order chi connectivity index (χ1) is 16.3. The highest BCUT2D eigenvalue weighted by atomic mass is 32.1. The van der Waals surface area contributed by atoms with E-state index in [9.17, 15) is 14.0 Å². The summed E-state index contributed by atoms with van der Waals surface area (Å²) in [6.07, 6.45) is 0. The highest BCUT2D eigenvalue weighted by Crippen LogP contribution is 2.21. The Morgan fingerprint density at radius 3 is 2.44 bits per heavy atom. The van der Waals surface area contributed by atoms with E-state index >= 15 is 0 Å². The van der Waals surface area contributed by atoms with Gasteiger partial charge in [-0.05, 0) is 67.6 Å². The predicted molar refractivity (Wildman–Crippen MR) is 134 cm³/mol. The molecular formula is C26H30FN3O3S. The number of carbonyl (C=O) groups excluding carboxylic acids is 2. The first kappa shape index (κ1) is 25.2. The Labute approximate surface area is 204 Å². The molecule has 180 valence electrons. The van der Waals surface area contributed by atoms with Crippen molar-refractivity contribution in [2.24, 2.45) is 0 Å². The summed E-state index contributed by atoms with van der Waals surface area (Å²) in [6.45, 7) is 6.40. The first-order valence-corrected chi connectivity index (χ1v) is 11.9. The molecule has 6 nitrogen and oxygen atoms in total. The van der Waals surface area contributed by atoms with Crippen molar-refractivity contribution in [1.82, 2.24) is 9.80 Å². The summed E-state index contributed by atoms with van der Waals surface area (Å²) < 4.78 is 18.6. The van der Waals surface area contributed by atoms with Crippen LogP contribution in [0.5, 0.6) is 5.75 Å². The van der Waals surface area contributed by atoms with Crippen LogP contribution < -0.4 is 10.1 Å². The third kappa shape index (κ3) is 6.81. The van der Waals surface area contributed by atoms with E-state index in [1.165, 1.54) is 17.0 Å². The van der Waals surface area contributed by atoms with Crippen LogP contribution in [0.3, 0.4) is 0 Å². The number of benzene rings is 2. The molecule has 0 aliphatic rings. The van der Waals surface area contributed by atoms with E-state index in [0.717, 1.165) is 16.0 Å². The molecule has 34 heavy (non-hydrogen) atoms. The fraction of sp³-hybridized carbons (Fsp3) is 0.308.